The van der Waals surface area contributed by atoms with Crippen LogP contribution in [0.2, 0.25) is 0 Å². The molecule has 0 saturated carbocycles. The fourth-order valence-electron chi connectivity index (χ4n) is 1.79. The van der Waals surface area contributed by atoms with Gasteiger partial charge in [0.15, 0.2) is 5.75 Å². The van der Waals surface area contributed by atoms with E-state index in [1.54, 1.807) is 19.1 Å². The molecular weight excluding hydrogens is 276 g/mol. The summed E-state index contributed by atoms with van der Waals surface area (Å²) in [4.78, 5) is 21.9. The number of nitro groups is 1. The Morgan fingerprint density at radius 2 is 2.19 bits per heavy atom. The molecule has 0 spiro atoms. The number of carboxylic acids is 1. The van der Waals surface area contributed by atoms with Crippen LogP contribution >= 0.6 is 0 Å². The number of nitrogens with one attached hydrogen (secondary N) is 1. The van der Waals surface area contributed by atoms with E-state index in [0.29, 0.717) is 12.1 Å². The Hall–Kier alpha value is -2.15. The van der Waals surface area contributed by atoms with Crippen LogP contribution in [0.4, 0.5) is 5.69 Å². The van der Waals surface area contributed by atoms with Crippen LogP contribution in [0.3, 0.4) is 0 Å². The maximum absolute atomic E-state index is 11.4. The average Bonchev–Trinajstić information content (AvgIpc) is 2.42. The number of hydrogen-bond acceptors (Lipinski definition) is 5. The number of carboxylic acid groups (broad SMARTS) is 1. The Morgan fingerprint density at radius 3 is 2.71 bits per heavy atom. The fraction of sp³-hybridized carbons (Fsp3) is 0.500. The first-order valence-electron chi connectivity index (χ1n) is 6.67. The molecule has 0 aromatic heterocycles. The fourth-order valence-corrected chi connectivity index (χ4v) is 1.79. The molecule has 0 aliphatic heterocycles. The van der Waals surface area contributed by atoms with E-state index in [4.69, 9.17) is 4.74 Å². The van der Waals surface area contributed by atoms with Crippen molar-refractivity contribution in [3.05, 3.63) is 33.9 Å². The van der Waals surface area contributed by atoms with E-state index in [1.165, 1.54) is 13.0 Å². The van der Waals surface area contributed by atoms with Gasteiger partial charge in [-0.25, -0.2) is 0 Å². The average molecular weight is 296 g/mol. The van der Waals surface area contributed by atoms with Gasteiger partial charge in [-0.1, -0.05) is 19.1 Å². The van der Waals surface area contributed by atoms with E-state index in [2.05, 4.69) is 5.32 Å². The molecule has 0 aliphatic carbocycles. The van der Waals surface area contributed by atoms with Gasteiger partial charge in [-0.15, -0.1) is 0 Å². The molecule has 1 atom stereocenters. The maximum Gasteiger partial charge on any atom is 0.327 e. The summed E-state index contributed by atoms with van der Waals surface area (Å²) in [7, 11) is 0. The van der Waals surface area contributed by atoms with Gasteiger partial charge in [0, 0.05) is 5.56 Å². The normalized spacial score (nSPS) is 13.5. The Balaban J connectivity index is 2.93. The van der Waals surface area contributed by atoms with Gasteiger partial charge in [0.2, 0.25) is 0 Å². The third-order valence-electron chi connectivity index (χ3n) is 3.14. The zero-order valence-corrected chi connectivity index (χ0v) is 12.4. The molecule has 1 unspecified atom stereocenters. The molecule has 0 aliphatic rings. The number of aryl methyl sites for hydroxylation is 1. The largest absolute Gasteiger partial charge is 0.484 e. The smallest absolute Gasteiger partial charge is 0.327 e. The van der Waals surface area contributed by atoms with Gasteiger partial charge in [0.1, 0.15) is 12.1 Å². The minimum absolute atomic E-state index is 0.0748. The number of nitro benzene ring substituents is 1. The standard InChI is InChI=1S/C14H20N2O5/c1-4-8-15-14(3,13(17)18)9-21-11-7-5-6-10(2)12(11)16(19)20/h5-7,15H,4,8-9H2,1-3H3,(H,17,18). The molecular formula is C14H20N2O5. The van der Waals surface area contributed by atoms with Gasteiger partial charge in [-0.05, 0) is 32.9 Å². The van der Waals surface area contributed by atoms with Gasteiger partial charge < -0.3 is 9.84 Å². The molecule has 0 heterocycles. The van der Waals surface area contributed by atoms with Crippen molar-refractivity contribution in [3.63, 3.8) is 0 Å². The molecule has 1 rings (SSSR count). The summed E-state index contributed by atoms with van der Waals surface area (Å²) in [6.07, 6.45) is 0.771. The van der Waals surface area contributed by atoms with Crippen molar-refractivity contribution < 1.29 is 19.6 Å². The quantitative estimate of drug-likeness (QED) is 0.563. The summed E-state index contributed by atoms with van der Waals surface area (Å²) in [5.41, 5.74) is -0.968. The van der Waals surface area contributed by atoms with Crippen molar-refractivity contribution in [1.82, 2.24) is 5.32 Å². The molecule has 0 bridgehead atoms. The number of ether oxygens (including phenoxy) is 1. The van der Waals surface area contributed by atoms with Crippen molar-refractivity contribution in [2.24, 2.45) is 0 Å². The lowest BCUT2D eigenvalue weighted by Crippen LogP contribution is -2.54. The van der Waals surface area contributed by atoms with Crippen LogP contribution in [0.25, 0.3) is 0 Å². The van der Waals surface area contributed by atoms with Crippen LogP contribution in [0.1, 0.15) is 25.8 Å². The van der Waals surface area contributed by atoms with Crippen LogP contribution in [0.15, 0.2) is 18.2 Å². The highest BCUT2D eigenvalue weighted by molar-refractivity contribution is 5.78. The Kier molecular flexibility index (Phi) is 5.66. The Labute approximate surface area is 123 Å². The summed E-state index contributed by atoms with van der Waals surface area (Å²) in [6.45, 7) is 5.33. The minimum Gasteiger partial charge on any atom is -0.484 e. The van der Waals surface area contributed by atoms with Crippen molar-refractivity contribution in [2.75, 3.05) is 13.2 Å². The highest BCUT2D eigenvalue weighted by Crippen LogP contribution is 2.30. The van der Waals surface area contributed by atoms with Gasteiger partial charge >= 0.3 is 11.7 Å². The second-order valence-electron chi connectivity index (χ2n) is 5.03. The molecule has 2 N–H and O–H groups in total. The van der Waals surface area contributed by atoms with Gasteiger partial charge in [-0.2, -0.15) is 0 Å². The molecule has 7 heteroatoms. The summed E-state index contributed by atoms with van der Waals surface area (Å²) in [5, 5.41) is 23.2. The van der Waals surface area contributed by atoms with E-state index >= 15 is 0 Å². The zero-order chi connectivity index (χ0) is 16.0. The highest BCUT2D eigenvalue weighted by Gasteiger charge is 2.34. The second kappa shape index (κ2) is 7.03. The first-order valence-corrected chi connectivity index (χ1v) is 6.67. The van der Waals surface area contributed by atoms with Crippen LogP contribution in [-0.2, 0) is 4.79 Å². The lowest BCUT2D eigenvalue weighted by atomic mass is 10.0. The van der Waals surface area contributed by atoms with Crippen molar-refractivity contribution >= 4 is 11.7 Å². The summed E-state index contributed by atoms with van der Waals surface area (Å²) in [5.74, 6) is -0.989. The predicted molar refractivity (Wildman–Crippen MR) is 77.7 cm³/mol. The van der Waals surface area contributed by atoms with E-state index in [-0.39, 0.29) is 18.0 Å². The summed E-state index contributed by atoms with van der Waals surface area (Å²) in [6, 6.07) is 4.71. The van der Waals surface area contributed by atoms with E-state index in [9.17, 15) is 20.0 Å². The second-order valence-corrected chi connectivity index (χ2v) is 5.03. The maximum atomic E-state index is 11.4. The number of hydrogen-bond donors (Lipinski definition) is 2. The molecule has 0 fully saturated rings. The van der Waals surface area contributed by atoms with Crippen molar-refractivity contribution in [3.8, 4) is 5.75 Å². The lowest BCUT2D eigenvalue weighted by Gasteiger charge is -2.26. The zero-order valence-electron chi connectivity index (χ0n) is 12.4. The molecule has 116 valence electrons. The number of nitrogens with zero attached hydrogens (tertiary/aromatic N) is 1. The lowest BCUT2D eigenvalue weighted by molar-refractivity contribution is -0.386. The van der Waals surface area contributed by atoms with Crippen LogP contribution in [0.5, 0.6) is 5.75 Å². The van der Waals surface area contributed by atoms with Gasteiger partial charge in [0.05, 0.1) is 4.92 Å². The molecule has 21 heavy (non-hydrogen) atoms. The van der Waals surface area contributed by atoms with Crippen molar-refractivity contribution in [1.29, 1.82) is 0 Å². The van der Waals surface area contributed by atoms with Crippen LogP contribution in [0, 0.1) is 17.0 Å². The Morgan fingerprint density at radius 1 is 1.52 bits per heavy atom. The van der Waals surface area contributed by atoms with Crippen LogP contribution in [-0.4, -0.2) is 34.7 Å². The molecule has 0 saturated heterocycles. The first kappa shape index (κ1) is 16.9. The van der Waals surface area contributed by atoms with Crippen LogP contribution < -0.4 is 10.1 Å². The number of benzene rings is 1. The molecule has 0 amide bonds. The monoisotopic (exact) mass is 296 g/mol. The number of para-hydroxylation sites is 1. The third-order valence-corrected chi connectivity index (χ3v) is 3.14. The van der Waals surface area contributed by atoms with E-state index in [1.807, 2.05) is 6.92 Å². The SMILES string of the molecule is CCCNC(C)(COc1cccc(C)c1[N+](=O)[O-])C(=O)O. The summed E-state index contributed by atoms with van der Waals surface area (Å²) >= 11 is 0. The number of rotatable bonds is 8. The number of carbonyl (C=O) groups is 1. The van der Waals surface area contributed by atoms with E-state index in [0.717, 1.165) is 6.42 Å². The Bertz CT molecular complexity index is 532. The molecule has 0 radical (unpaired) electrons. The number of aliphatic carboxylic acids is 1. The molecule has 1 aromatic carbocycles. The molecule has 7 nitrogen and oxygen atoms in total. The van der Waals surface area contributed by atoms with Gasteiger partial charge in [0.25, 0.3) is 0 Å². The summed E-state index contributed by atoms with van der Waals surface area (Å²) < 4.78 is 5.42. The van der Waals surface area contributed by atoms with Crippen molar-refractivity contribution in [2.45, 2.75) is 32.7 Å². The first-order chi connectivity index (χ1) is 9.81. The minimum atomic E-state index is -1.30. The highest BCUT2D eigenvalue weighted by atomic mass is 16.6. The van der Waals surface area contributed by atoms with E-state index < -0.39 is 16.4 Å². The topological polar surface area (TPSA) is 102 Å². The molecule has 1 aromatic rings. The third kappa shape index (κ3) is 4.16. The van der Waals surface area contributed by atoms with Gasteiger partial charge in [-0.3, -0.25) is 20.2 Å². The predicted octanol–water partition coefficient (Wildman–Crippen LogP) is 2.12.